The molecule has 2 heterocycles. The lowest BCUT2D eigenvalue weighted by molar-refractivity contribution is -0.122. The average Bonchev–Trinajstić information content (AvgIpc) is 3.05. The fraction of sp³-hybridized carbons (Fsp3) is 0.333. The molecule has 1 amide bonds. The first-order valence-corrected chi connectivity index (χ1v) is 6.64. The van der Waals surface area contributed by atoms with Crippen molar-refractivity contribution in [1.82, 2.24) is 10.3 Å². The fourth-order valence-electron chi connectivity index (χ4n) is 1.93. The van der Waals surface area contributed by atoms with Crippen LogP contribution in [0.1, 0.15) is 23.8 Å². The average molecular weight is 290 g/mol. The zero-order chi connectivity index (χ0) is 15.1. The lowest BCUT2D eigenvalue weighted by Crippen LogP contribution is -2.30. The molecule has 112 valence electrons. The van der Waals surface area contributed by atoms with Gasteiger partial charge in [-0.05, 0) is 30.2 Å². The van der Waals surface area contributed by atoms with Crippen molar-refractivity contribution in [1.29, 1.82) is 0 Å². The van der Waals surface area contributed by atoms with Crippen molar-refractivity contribution in [3.05, 3.63) is 48.2 Å². The molecule has 0 aliphatic carbocycles. The largest absolute Gasteiger partial charge is 0.495 e. The lowest BCUT2D eigenvalue weighted by atomic mass is 10.1. The van der Waals surface area contributed by atoms with Crippen LogP contribution in [-0.2, 0) is 11.2 Å². The molecule has 2 aromatic heterocycles. The summed E-state index contributed by atoms with van der Waals surface area (Å²) in [5.41, 5.74) is 0.919. The maximum absolute atomic E-state index is 11.9. The zero-order valence-electron chi connectivity index (χ0n) is 11.8. The Morgan fingerprint density at radius 3 is 3.05 bits per heavy atom. The number of pyridine rings is 1. The summed E-state index contributed by atoms with van der Waals surface area (Å²) >= 11 is 0. The van der Waals surface area contributed by atoms with E-state index < -0.39 is 6.04 Å². The molecular weight excluding hydrogens is 272 g/mol. The van der Waals surface area contributed by atoms with Gasteiger partial charge in [-0.25, -0.2) is 0 Å². The lowest BCUT2D eigenvalue weighted by Gasteiger charge is -2.13. The van der Waals surface area contributed by atoms with Crippen LogP contribution in [0.15, 0.2) is 41.3 Å². The molecule has 6 heteroatoms. The second-order valence-electron chi connectivity index (χ2n) is 4.55. The van der Waals surface area contributed by atoms with E-state index in [4.69, 9.17) is 9.15 Å². The molecule has 0 aliphatic heterocycles. The van der Waals surface area contributed by atoms with Crippen LogP contribution < -0.4 is 10.1 Å². The first kappa shape index (κ1) is 15.1. The van der Waals surface area contributed by atoms with Crippen molar-refractivity contribution in [3.8, 4) is 5.75 Å². The molecule has 0 saturated heterocycles. The molecule has 1 unspecified atom stereocenters. The summed E-state index contributed by atoms with van der Waals surface area (Å²) in [7, 11) is 1.57. The van der Waals surface area contributed by atoms with Gasteiger partial charge in [-0.2, -0.15) is 0 Å². The minimum absolute atomic E-state index is 0.159. The Balaban J connectivity index is 1.86. The van der Waals surface area contributed by atoms with Crippen molar-refractivity contribution in [2.45, 2.75) is 18.9 Å². The zero-order valence-corrected chi connectivity index (χ0v) is 11.8. The predicted molar refractivity (Wildman–Crippen MR) is 75.8 cm³/mol. The van der Waals surface area contributed by atoms with Gasteiger partial charge in [-0.1, -0.05) is 0 Å². The Bertz CT molecular complexity index is 569. The van der Waals surface area contributed by atoms with Gasteiger partial charge >= 0.3 is 0 Å². The SMILES string of the molecule is COc1cncc(CCC(=O)NC(CO)c2ccco2)c1. The van der Waals surface area contributed by atoms with Gasteiger partial charge in [0, 0.05) is 12.6 Å². The van der Waals surface area contributed by atoms with Gasteiger partial charge in [-0.15, -0.1) is 0 Å². The third-order valence-corrected chi connectivity index (χ3v) is 3.05. The second-order valence-corrected chi connectivity index (χ2v) is 4.55. The van der Waals surface area contributed by atoms with Crippen molar-refractivity contribution in [2.75, 3.05) is 13.7 Å². The summed E-state index contributed by atoms with van der Waals surface area (Å²) in [4.78, 5) is 16.0. The number of amides is 1. The van der Waals surface area contributed by atoms with Gasteiger partial charge in [0.05, 0.1) is 26.2 Å². The number of aryl methyl sites for hydroxylation is 1. The number of hydrogen-bond donors (Lipinski definition) is 2. The van der Waals surface area contributed by atoms with E-state index in [1.807, 2.05) is 6.07 Å². The van der Waals surface area contributed by atoms with Gasteiger partial charge in [0.1, 0.15) is 17.6 Å². The number of furan rings is 1. The number of aliphatic hydroxyl groups excluding tert-OH is 1. The van der Waals surface area contributed by atoms with E-state index >= 15 is 0 Å². The smallest absolute Gasteiger partial charge is 0.220 e. The minimum Gasteiger partial charge on any atom is -0.495 e. The summed E-state index contributed by atoms with van der Waals surface area (Å²) in [5, 5.41) is 12.0. The highest BCUT2D eigenvalue weighted by Crippen LogP contribution is 2.14. The number of hydrogen-bond acceptors (Lipinski definition) is 5. The van der Waals surface area contributed by atoms with Crippen molar-refractivity contribution < 1.29 is 19.1 Å². The van der Waals surface area contributed by atoms with Crippen LogP contribution in [0.4, 0.5) is 0 Å². The fourth-order valence-corrected chi connectivity index (χ4v) is 1.93. The van der Waals surface area contributed by atoms with Crippen molar-refractivity contribution in [2.24, 2.45) is 0 Å². The van der Waals surface area contributed by atoms with Gasteiger partial charge in [-0.3, -0.25) is 9.78 Å². The number of aliphatic hydroxyl groups is 1. The van der Waals surface area contributed by atoms with Crippen molar-refractivity contribution >= 4 is 5.91 Å². The van der Waals surface area contributed by atoms with E-state index in [0.717, 1.165) is 5.56 Å². The molecule has 2 N–H and O–H groups in total. The molecule has 0 fully saturated rings. The Morgan fingerprint density at radius 2 is 2.38 bits per heavy atom. The van der Waals surface area contributed by atoms with Gasteiger partial charge in [0.15, 0.2) is 0 Å². The number of carbonyl (C=O) groups is 1. The summed E-state index contributed by atoms with van der Waals surface area (Å²) in [6.07, 6.45) is 5.67. The molecule has 0 aromatic carbocycles. The van der Waals surface area contributed by atoms with E-state index in [2.05, 4.69) is 10.3 Å². The maximum atomic E-state index is 11.9. The summed E-state index contributed by atoms with van der Waals surface area (Å²) in [6.45, 7) is -0.208. The van der Waals surface area contributed by atoms with E-state index in [1.54, 1.807) is 31.6 Å². The number of carbonyl (C=O) groups excluding carboxylic acids is 1. The standard InChI is InChI=1S/C15H18N2O4/c1-20-12-7-11(8-16-9-12)4-5-15(19)17-13(10-18)14-3-2-6-21-14/h2-3,6-9,13,18H,4-5,10H2,1H3,(H,17,19). The first-order chi connectivity index (χ1) is 10.2. The van der Waals surface area contributed by atoms with Crippen LogP contribution in [0.5, 0.6) is 5.75 Å². The predicted octanol–water partition coefficient (Wildman–Crippen LogP) is 1.47. The quantitative estimate of drug-likeness (QED) is 0.806. The third kappa shape index (κ3) is 4.32. The molecule has 6 nitrogen and oxygen atoms in total. The highest BCUT2D eigenvalue weighted by atomic mass is 16.5. The van der Waals surface area contributed by atoms with E-state index in [0.29, 0.717) is 24.4 Å². The second kappa shape index (κ2) is 7.44. The van der Waals surface area contributed by atoms with Crippen molar-refractivity contribution in [3.63, 3.8) is 0 Å². The normalized spacial score (nSPS) is 11.9. The molecule has 0 saturated carbocycles. The minimum atomic E-state index is -0.518. The number of aromatic nitrogens is 1. The Morgan fingerprint density at radius 1 is 1.52 bits per heavy atom. The summed E-state index contributed by atoms with van der Waals surface area (Å²) in [5.74, 6) is 1.04. The number of ether oxygens (including phenoxy) is 1. The molecule has 0 radical (unpaired) electrons. The molecule has 2 aromatic rings. The summed E-state index contributed by atoms with van der Waals surface area (Å²) in [6, 6.07) is 4.76. The van der Waals surface area contributed by atoms with Crippen LogP contribution in [0.3, 0.4) is 0 Å². The van der Waals surface area contributed by atoms with Crippen LogP contribution in [0.2, 0.25) is 0 Å². The number of methoxy groups -OCH3 is 1. The summed E-state index contributed by atoms with van der Waals surface area (Å²) < 4.78 is 10.3. The number of nitrogens with one attached hydrogen (secondary N) is 1. The first-order valence-electron chi connectivity index (χ1n) is 6.64. The molecule has 21 heavy (non-hydrogen) atoms. The molecule has 2 rings (SSSR count). The maximum Gasteiger partial charge on any atom is 0.220 e. The number of nitrogens with zero attached hydrogens (tertiary/aromatic N) is 1. The van der Waals surface area contributed by atoms with E-state index in [-0.39, 0.29) is 12.5 Å². The monoisotopic (exact) mass is 290 g/mol. The van der Waals surface area contributed by atoms with Crippen LogP contribution >= 0.6 is 0 Å². The Labute approximate surface area is 122 Å². The van der Waals surface area contributed by atoms with E-state index in [1.165, 1.54) is 6.26 Å². The Kier molecular flexibility index (Phi) is 5.34. The van der Waals surface area contributed by atoms with Gasteiger partial charge in [0.25, 0.3) is 0 Å². The molecule has 1 atom stereocenters. The molecule has 0 spiro atoms. The molecule has 0 bridgehead atoms. The molecular formula is C15H18N2O4. The third-order valence-electron chi connectivity index (χ3n) is 3.05. The van der Waals surface area contributed by atoms with Gasteiger partial charge < -0.3 is 19.6 Å². The van der Waals surface area contributed by atoms with E-state index in [9.17, 15) is 9.90 Å². The van der Waals surface area contributed by atoms with Crippen LogP contribution in [0.25, 0.3) is 0 Å². The Hall–Kier alpha value is -2.34. The topological polar surface area (TPSA) is 84.6 Å². The van der Waals surface area contributed by atoms with Crippen LogP contribution in [0, 0.1) is 0 Å². The van der Waals surface area contributed by atoms with Crippen LogP contribution in [-0.4, -0.2) is 29.7 Å². The number of rotatable bonds is 7. The highest BCUT2D eigenvalue weighted by Gasteiger charge is 2.15. The highest BCUT2D eigenvalue weighted by molar-refractivity contribution is 5.76. The molecule has 0 aliphatic rings. The van der Waals surface area contributed by atoms with Gasteiger partial charge in [0.2, 0.25) is 5.91 Å².